The molecule has 0 bridgehead atoms. The first-order chi connectivity index (χ1) is 5.74. The van der Waals surface area contributed by atoms with Crippen LogP contribution < -0.4 is 5.73 Å². The van der Waals surface area contributed by atoms with Gasteiger partial charge in [-0.05, 0) is 30.2 Å². The Morgan fingerprint density at radius 1 is 1.33 bits per heavy atom. The second-order valence-electron chi connectivity index (χ2n) is 2.71. The van der Waals surface area contributed by atoms with Gasteiger partial charge in [-0.15, -0.1) is 0 Å². The van der Waals surface area contributed by atoms with Crippen LogP contribution in [-0.4, -0.2) is 0 Å². The molecule has 1 rings (SSSR count). The van der Waals surface area contributed by atoms with Crippen molar-refractivity contribution in [3.05, 3.63) is 48.6 Å². The van der Waals surface area contributed by atoms with E-state index in [0.29, 0.717) is 0 Å². The highest BCUT2D eigenvalue weighted by molar-refractivity contribution is 5.66. The minimum absolute atomic E-state index is 0.796. The topological polar surface area (TPSA) is 26.0 Å². The van der Waals surface area contributed by atoms with Gasteiger partial charge in [0.1, 0.15) is 0 Å². The number of hydrogen-bond donors (Lipinski definition) is 1. The van der Waals surface area contributed by atoms with Crippen molar-refractivity contribution in [2.75, 3.05) is 5.73 Å². The van der Waals surface area contributed by atoms with Crippen LogP contribution in [-0.2, 0) is 0 Å². The van der Waals surface area contributed by atoms with Crippen LogP contribution >= 0.6 is 0 Å². The van der Waals surface area contributed by atoms with E-state index in [2.05, 4.69) is 6.58 Å². The Kier molecular flexibility index (Phi) is 2.70. The number of nitrogen functional groups attached to an aromatic ring is 1. The summed E-state index contributed by atoms with van der Waals surface area (Å²) in [6, 6.07) is 7.81. The molecule has 2 N–H and O–H groups in total. The maximum Gasteiger partial charge on any atom is 0.0314 e. The number of rotatable bonds is 2. The lowest BCUT2D eigenvalue weighted by Crippen LogP contribution is -1.84. The normalized spacial score (nSPS) is 11.2. The fourth-order valence-corrected chi connectivity index (χ4v) is 1.02. The molecule has 0 atom stereocenters. The Hall–Kier alpha value is -1.50. The fraction of sp³-hybridized carbons (Fsp3) is 0.0909. The van der Waals surface area contributed by atoms with Crippen molar-refractivity contribution in [2.45, 2.75) is 6.92 Å². The summed E-state index contributed by atoms with van der Waals surface area (Å²) in [6.07, 6.45) is 3.76. The van der Waals surface area contributed by atoms with Crippen molar-refractivity contribution in [3.63, 3.8) is 0 Å². The monoisotopic (exact) mass is 159 g/mol. The average molecular weight is 159 g/mol. The molecule has 0 radical (unpaired) electrons. The van der Waals surface area contributed by atoms with E-state index in [9.17, 15) is 0 Å². The molecule has 62 valence electrons. The summed E-state index contributed by atoms with van der Waals surface area (Å²) >= 11 is 0. The maximum atomic E-state index is 5.56. The third-order valence-corrected chi connectivity index (χ3v) is 1.73. The minimum Gasteiger partial charge on any atom is -0.399 e. The second kappa shape index (κ2) is 3.77. The molecule has 0 aromatic heterocycles. The van der Waals surface area contributed by atoms with Crippen molar-refractivity contribution >= 4 is 11.3 Å². The molecule has 0 aliphatic heterocycles. The molecule has 1 nitrogen and oxygen atoms in total. The molecule has 0 aliphatic carbocycles. The van der Waals surface area contributed by atoms with Gasteiger partial charge in [0, 0.05) is 5.69 Å². The standard InChI is InChI=1S/C11H13N/c1-3-4-9(2)10-5-7-11(12)8-6-10/h3-8H,1,12H2,2H3/b9-4+. The largest absolute Gasteiger partial charge is 0.399 e. The highest BCUT2D eigenvalue weighted by atomic mass is 14.5. The van der Waals surface area contributed by atoms with Gasteiger partial charge in [0.05, 0.1) is 0 Å². The number of benzene rings is 1. The summed E-state index contributed by atoms with van der Waals surface area (Å²) in [6.45, 7) is 5.69. The zero-order chi connectivity index (χ0) is 8.97. The lowest BCUT2D eigenvalue weighted by Gasteiger charge is -2.00. The van der Waals surface area contributed by atoms with E-state index in [1.807, 2.05) is 37.3 Å². The predicted molar refractivity (Wildman–Crippen MR) is 54.7 cm³/mol. The van der Waals surface area contributed by atoms with Gasteiger partial charge in [0.15, 0.2) is 0 Å². The lowest BCUT2D eigenvalue weighted by atomic mass is 10.1. The Balaban J connectivity index is 2.97. The fourth-order valence-electron chi connectivity index (χ4n) is 1.02. The summed E-state index contributed by atoms with van der Waals surface area (Å²) in [7, 11) is 0. The van der Waals surface area contributed by atoms with Gasteiger partial charge < -0.3 is 5.73 Å². The molecule has 1 aromatic rings. The molecule has 1 aromatic carbocycles. The lowest BCUT2D eigenvalue weighted by molar-refractivity contribution is 1.56. The highest BCUT2D eigenvalue weighted by Gasteiger charge is 1.92. The van der Waals surface area contributed by atoms with Crippen molar-refractivity contribution in [2.24, 2.45) is 0 Å². The number of nitrogens with two attached hydrogens (primary N) is 1. The molecule has 0 saturated carbocycles. The minimum atomic E-state index is 0.796. The summed E-state index contributed by atoms with van der Waals surface area (Å²) in [5.74, 6) is 0. The molecule has 0 saturated heterocycles. The molecule has 1 heteroatoms. The van der Waals surface area contributed by atoms with E-state index >= 15 is 0 Å². The molecule has 0 spiro atoms. The average Bonchev–Trinajstić information content (AvgIpc) is 2.06. The first kappa shape index (κ1) is 8.60. The molecule has 0 unspecified atom stereocenters. The van der Waals surface area contributed by atoms with Crippen LogP contribution in [0, 0.1) is 0 Å². The van der Waals surface area contributed by atoms with Crippen LogP contribution in [0.4, 0.5) is 5.69 Å². The third-order valence-electron chi connectivity index (χ3n) is 1.73. The van der Waals surface area contributed by atoms with Crippen LogP contribution in [0.3, 0.4) is 0 Å². The van der Waals surface area contributed by atoms with E-state index in [1.165, 1.54) is 11.1 Å². The molecule has 0 aliphatic rings. The third kappa shape index (κ3) is 1.99. The molecular formula is C11H13N. The summed E-state index contributed by atoms with van der Waals surface area (Å²) in [5.41, 5.74) is 8.74. The molecule has 0 fully saturated rings. The number of anilines is 1. The molecule has 0 amide bonds. The summed E-state index contributed by atoms with van der Waals surface area (Å²) < 4.78 is 0. The summed E-state index contributed by atoms with van der Waals surface area (Å²) in [4.78, 5) is 0. The maximum absolute atomic E-state index is 5.56. The Morgan fingerprint density at radius 2 is 1.92 bits per heavy atom. The van der Waals surface area contributed by atoms with Crippen molar-refractivity contribution in [1.82, 2.24) is 0 Å². The molecular weight excluding hydrogens is 146 g/mol. The van der Waals surface area contributed by atoms with E-state index in [1.54, 1.807) is 6.08 Å². The number of hydrogen-bond acceptors (Lipinski definition) is 1. The van der Waals surface area contributed by atoms with Gasteiger partial charge in [0.25, 0.3) is 0 Å². The van der Waals surface area contributed by atoms with Crippen LogP contribution in [0.2, 0.25) is 0 Å². The predicted octanol–water partition coefficient (Wildman–Crippen LogP) is 2.86. The Bertz CT molecular complexity index is 293. The zero-order valence-electron chi connectivity index (χ0n) is 7.25. The van der Waals surface area contributed by atoms with Gasteiger partial charge in [-0.25, -0.2) is 0 Å². The Morgan fingerprint density at radius 3 is 2.42 bits per heavy atom. The second-order valence-corrected chi connectivity index (χ2v) is 2.71. The van der Waals surface area contributed by atoms with Crippen molar-refractivity contribution < 1.29 is 0 Å². The van der Waals surface area contributed by atoms with Gasteiger partial charge in [0.2, 0.25) is 0 Å². The quantitative estimate of drug-likeness (QED) is 0.521. The van der Waals surface area contributed by atoms with Crippen LogP contribution in [0.1, 0.15) is 12.5 Å². The Labute approximate surface area is 73.2 Å². The van der Waals surface area contributed by atoms with Crippen LogP contribution in [0.25, 0.3) is 5.57 Å². The highest BCUT2D eigenvalue weighted by Crippen LogP contribution is 2.14. The van der Waals surface area contributed by atoms with Gasteiger partial charge in [-0.3, -0.25) is 0 Å². The van der Waals surface area contributed by atoms with Gasteiger partial charge in [-0.2, -0.15) is 0 Å². The first-order valence-corrected chi connectivity index (χ1v) is 3.89. The number of allylic oxidation sites excluding steroid dienone is 3. The van der Waals surface area contributed by atoms with Crippen LogP contribution in [0.5, 0.6) is 0 Å². The van der Waals surface area contributed by atoms with E-state index < -0.39 is 0 Å². The molecule has 0 heterocycles. The smallest absolute Gasteiger partial charge is 0.0314 e. The first-order valence-electron chi connectivity index (χ1n) is 3.89. The van der Waals surface area contributed by atoms with Gasteiger partial charge in [-0.1, -0.05) is 30.9 Å². The SMILES string of the molecule is C=C/C=C(\C)c1ccc(N)cc1. The van der Waals surface area contributed by atoms with Gasteiger partial charge >= 0.3 is 0 Å². The van der Waals surface area contributed by atoms with Crippen molar-refractivity contribution in [1.29, 1.82) is 0 Å². The van der Waals surface area contributed by atoms with Crippen molar-refractivity contribution in [3.8, 4) is 0 Å². The van der Waals surface area contributed by atoms with Crippen LogP contribution in [0.15, 0.2) is 43.0 Å². The van der Waals surface area contributed by atoms with E-state index in [4.69, 9.17) is 5.73 Å². The zero-order valence-corrected chi connectivity index (χ0v) is 7.25. The van der Waals surface area contributed by atoms with E-state index in [-0.39, 0.29) is 0 Å². The molecule has 12 heavy (non-hydrogen) atoms. The van der Waals surface area contributed by atoms with E-state index in [0.717, 1.165) is 5.69 Å². The summed E-state index contributed by atoms with van der Waals surface area (Å²) in [5, 5.41) is 0.